The fourth-order valence-corrected chi connectivity index (χ4v) is 7.21. The van der Waals surface area contributed by atoms with Gasteiger partial charge in [-0.15, -0.1) is 6.58 Å². The van der Waals surface area contributed by atoms with Gasteiger partial charge in [0.05, 0.1) is 12.2 Å². The van der Waals surface area contributed by atoms with Crippen LogP contribution >= 0.6 is 11.8 Å². The fourth-order valence-electron chi connectivity index (χ4n) is 6.40. The lowest BCUT2D eigenvalue weighted by Crippen LogP contribution is -2.52. The van der Waals surface area contributed by atoms with Crippen LogP contribution in [0.4, 0.5) is 0 Å². The number of nitrogens with one attached hydrogen (secondary N) is 1. The van der Waals surface area contributed by atoms with Gasteiger partial charge in [0, 0.05) is 16.4 Å². The standard InChI is InChI=1S/C24H31N3OS/c1-3-8-27-21(20-6-4-16(2)5-7-20)15-29-23(26-27)25-22(28)24-12-17-9-18(13-24)11-19(10-17)14-24/h3-7,15,17-19,22,28H,1,8-14H2,2H3,(H,25,26)/t17?,18?,19?,22-,24?/m0/s1. The molecule has 1 aromatic rings. The first kappa shape index (κ1) is 19.3. The molecule has 1 aliphatic heterocycles. The van der Waals surface area contributed by atoms with Gasteiger partial charge in [-0.25, -0.2) is 4.99 Å². The third-order valence-corrected chi connectivity index (χ3v) is 8.10. The topological polar surface area (TPSA) is 47.9 Å². The van der Waals surface area contributed by atoms with Crippen LogP contribution in [0.1, 0.15) is 49.7 Å². The fraction of sp³-hybridized carbons (Fsp3) is 0.542. The van der Waals surface area contributed by atoms with Gasteiger partial charge in [-0.05, 0) is 63.2 Å². The summed E-state index contributed by atoms with van der Waals surface area (Å²) in [5, 5.41) is 16.2. The van der Waals surface area contributed by atoms with Crippen molar-refractivity contribution in [3.05, 3.63) is 53.5 Å². The number of hydrogen-bond acceptors (Lipinski definition) is 4. The highest BCUT2D eigenvalue weighted by Crippen LogP contribution is 2.61. The molecule has 5 heteroatoms. The molecule has 1 aromatic carbocycles. The molecule has 0 radical (unpaired) electrons. The lowest BCUT2D eigenvalue weighted by molar-refractivity contribution is -0.116. The first-order chi connectivity index (χ1) is 14.0. The maximum absolute atomic E-state index is 11.2. The Bertz CT molecular complexity index is 809. The van der Waals surface area contributed by atoms with Crippen LogP contribution in [0.15, 0.2) is 47.3 Å². The Morgan fingerprint density at radius 1 is 1.21 bits per heavy atom. The molecule has 5 aliphatic rings. The molecule has 4 bridgehead atoms. The normalized spacial score (nSPS) is 35.4. The third kappa shape index (κ3) is 3.64. The third-order valence-electron chi connectivity index (χ3n) is 7.34. The molecule has 4 fully saturated rings. The number of rotatable bonds is 5. The van der Waals surface area contributed by atoms with Gasteiger partial charge in [-0.3, -0.25) is 10.4 Å². The van der Waals surface area contributed by atoms with Crippen molar-refractivity contribution in [2.45, 2.75) is 51.7 Å². The highest BCUT2D eigenvalue weighted by atomic mass is 32.2. The molecule has 0 amide bonds. The van der Waals surface area contributed by atoms with Crippen LogP contribution < -0.4 is 5.43 Å². The van der Waals surface area contributed by atoms with Crippen LogP contribution in [0.5, 0.6) is 0 Å². The number of nitrogens with zero attached hydrogens (tertiary/aromatic N) is 2. The minimum atomic E-state index is -0.606. The molecule has 154 valence electrons. The zero-order chi connectivity index (χ0) is 20.0. The van der Waals surface area contributed by atoms with Gasteiger partial charge in [-0.2, -0.15) is 0 Å². The predicted molar refractivity (Wildman–Crippen MR) is 121 cm³/mol. The van der Waals surface area contributed by atoms with E-state index in [9.17, 15) is 5.11 Å². The molecule has 0 spiro atoms. The highest BCUT2D eigenvalue weighted by molar-refractivity contribution is 8.16. The molecule has 4 nitrogen and oxygen atoms in total. The van der Waals surface area contributed by atoms with E-state index in [1.54, 1.807) is 11.8 Å². The summed E-state index contributed by atoms with van der Waals surface area (Å²) in [6.07, 6.45) is 8.89. The van der Waals surface area contributed by atoms with Crippen LogP contribution in [-0.4, -0.2) is 28.1 Å². The van der Waals surface area contributed by atoms with E-state index >= 15 is 0 Å². The Labute approximate surface area is 178 Å². The summed E-state index contributed by atoms with van der Waals surface area (Å²) < 4.78 is 0. The molecule has 1 heterocycles. The average Bonchev–Trinajstić information content (AvgIpc) is 2.68. The van der Waals surface area contributed by atoms with E-state index in [2.05, 4.69) is 53.6 Å². The summed E-state index contributed by atoms with van der Waals surface area (Å²) in [5.74, 6) is 2.44. The summed E-state index contributed by atoms with van der Waals surface area (Å²) in [4.78, 5) is 4.80. The Morgan fingerprint density at radius 3 is 2.41 bits per heavy atom. The van der Waals surface area contributed by atoms with Crippen molar-refractivity contribution in [2.24, 2.45) is 28.2 Å². The van der Waals surface area contributed by atoms with Gasteiger partial charge in [0.1, 0.15) is 0 Å². The number of amidine groups is 1. The van der Waals surface area contributed by atoms with Crippen LogP contribution in [0.2, 0.25) is 0 Å². The van der Waals surface area contributed by atoms with E-state index in [0.717, 1.165) is 53.4 Å². The number of aryl methyl sites for hydroxylation is 1. The monoisotopic (exact) mass is 409 g/mol. The van der Waals surface area contributed by atoms with E-state index in [-0.39, 0.29) is 5.41 Å². The zero-order valence-electron chi connectivity index (χ0n) is 17.2. The summed E-state index contributed by atoms with van der Waals surface area (Å²) in [6.45, 7) is 6.68. The molecule has 6 rings (SSSR count). The number of aliphatic hydroxyl groups excluding tert-OH is 1. The van der Waals surface area contributed by atoms with E-state index in [0.29, 0.717) is 6.54 Å². The molecule has 1 atom stereocenters. The molecule has 0 aromatic heterocycles. The Balaban J connectivity index is 1.37. The lowest BCUT2D eigenvalue weighted by Gasteiger charge is -2.57. The van der Waals surface area contributed by atoms with Gasteiger partial charge >= 0.3 is 0 Å². The number of hydrogen-bond donors (Lipinski definition) is 2. The van der Waals surface area contributed by atoms with Crippen molar-refractivity contribution in [2.75, 3.05) is 6.54 Å². The van der Waals surface area contributed by atoms with E-state index in [1.807, 2.05) is 6.08 Å². The first-order valence-corrected chi connectivity index (χ1v) is 11.8. The van der Waals surface area contributed by atoms with Crippen molar-refractivity contribution in [1.82, 2.24) is 10.4 Å². The van der Waals surface area contributed by atoms with E-state index < -0.39 is 6.23 Å². The maximum atomic E-state index is 11.2. The summed E-state index contributed by atoms with van der Waals surface area (Å²) in [6, 6.07) is 8.55. The van der Waals surface area contributed by atoms with Gasteiger partial charge in [0.2, 0.25) is 0 Å². The van der Waals surface area contributed by atoms with Crippen LogP contribution in [0, 0.1) is 30.1 Å². The summed E-state index contributed by atoms with van der Waals surface area (Å²) in [7, 11) is 0. The molecule has 0 saturated heterocycles. The van der Waals surface area contributed by atoms with Gasteiger partial charge < -0.3 is 5.11 Å². The second kappa shape index (κ2) is 7.51. The van der Waals surface area contributed by atoms with Gasteiger partial charge in [-0.1, -0.05) is 47.7 Å². The number of thioether (sulfide) groups is 1. The van der Waals surface area contributed by atoms with Crippen molar-refractivity contribution >= 4 is 22.6 Å². The van der Waals surface area contributed by atoms with Crippen molar-refractivity contribution < 1.29 is 5.11 Å². The summed E-state index contributed by atoms with van der Waals surface area (Å²) in [5.41, 5.74) is 6.96. The van der Waals surface area contributed by atoms with Crippen LogP contribution in [0.25, 0.3) is 5.70 Å². The zero-order valence-corrected chi connectivity index (χ0v) is 18.0. The van der Waals surface area contributed by atoms with Gasteiger partial charge in [0.15, 0.2) is 11.4 Å². The molecule has 0 unspecified atom stereocenters. The number of aliphatic imine (C=N–C) groups is 1. The van der Waals surface area contributed by atoms with Gasteiger partial charge in [0.25, 0.3) is 0 Å². The molecule has 4 aliphatic carbocycles. The second-order valence-corrected chi connectivity index (χ2v) is 10.4. The Kier molecular flexibility index (Phi) is 4.99. The number of benzene rings is 1. The maximum Gasteiger partial charge on any atom is 0.182 e. The highest BCUT2D eigenvalue weighted by Gasteiger charge is 2.54. The molecule has 2 N–H and O–H groups in total. The van der Waals surface area contributed by atoms with Crippen molar-refractivity contribution in [3.8, 4) is 0 Å². The summed E-state index contributed by atoms with van der Waals surface area (Å²) >= 11 is 1.57. The quantitative estimate of drug-likeness (QED) is 0.678. The minimum absolute atomic E-state index is 0.00814. The average molecular weight is 410 g/mol. The number of aliphatic hydroxyl groups is 1. The van der Waals surface area contributed by atoms with E-state index in [4.69, 9.17) is 4.99 Å². The van der Waals surface area contributed by atoms with Crippen LogP contribution in [-0.2, 0) is 0 Å². The SMILES string of the molecule is C=CCN1N/C(=N/[C@@H](O)C23CC4CC(CC(C4)C2)C3)SC=C1c1ccc(C)cc1. The molecule has 29 heavy (non-hydrogen) atoms. The lowest BCUT2D eigenvalue weighted by atomic mass is 9.49. The smallest absolute Gasteiger partial charge is 0.182 e. The molecular formula is C24H31N3OS. The van der Waals surface area contributed by atoms with E-state index in [1.165, 1.54) is 24.8 Å². The Morgan fingerprint density at radius 2 is 1.83 bits per heavy atom. The van der Waals surface area contributed by atoms with Crippen LogP contribution in [0.3, 0.4) is 0 Å². The second-order valence-electron chi connectivity index (χ2n) is 9.59. The largest absolute Gasteiger partial charge is 0.371 e. The number of hydrazine groups is 1. The first-order valence-electron chi connectivity index (χ1n) is 10.9. The predicted octanol–water partition coefficient (Wildman–Crippen LogP) is 4.92. The van der Waals surface area contributed by atoms with Crippen molar-refractivity contribution in [1.29, 1.82) is 0 Å². The Hall–Kier alpha value is -1.72. The minimum Gasteiger partial charge on any atom is -0.371 e. The van der Waals surface area contributed by atoms with Crippen molar-refractivity contribution in [3.63, 3.8) is 0 Å². The molecular weight excluding hydrogens is 378 g/mol. The molecule has 4 saturated carbocycles.